The third kappa shape index (κ3) is 4.16. The number of hydrogen-bond acceptors (Lipinski definition) is 4. The predicted octanol–water partition coefficient (Wildman–Crippen LogP) is 2.71. The van der Waals surface area contributed by atoms with Crippen molar-refractivity contribution in [1.29, 1.82) is 0 Å². The van der Waals surface area contributed by atoms with Crippen molar-refractivity contribution in [2.45, 2.75) is 0 Å². The highest BCUT2D eigenvalue weighted by atomic mass is 16.5. The second-order valence-electron chi connectivity index (χ2n) is 4.80. The SMILES string of the molecule is CNC(=O)Nc1ccc(NC(=O)c2cc(OC)ccc2OC)cc1. The molecule has 126 valence electrons. The van der Waals surface area contributed by atoms with Gasteiger partial charge in [0, 0.05) is 18.4 Å². The minimum Gasteiger partial charge on any atom is -0.497 e. The lowest BCUT2D eigenvalue weighted by Crippen LogP contribution is -2.24. The number of carbonyl (C=O) groups excluding carboxylic acids is 2. The Bertz CT molecular complexity index is 729. The zero-order chi connectivity index (χ0) is 17.5. The summed E-state index contributed by atoms with van der Waals surface area (Å²) in [6.07, 6.45) is 0. The lowest BCUT2D eigenvalue weighted by molar-refractivity contribution is 0.102. The zero-order valence-corrected chi connectivity index (χ0v) is 13.7. The Morgan fingerprint density at radius 3 is 2.04 bits per heavy atom. The molecule has 0 atom stereocenters. The first-order valence-corrected chi connectivity index (χ1v) is 7.19. The summed E-state index contributed by atoms with van der Waals surface area (Å²) >= 11 is 0. The summed E-state index contributed by atoms with van der Waals surface area (Å²) in [5.74, 6) is 0.690. The molecule has 0 unspecified atom stereocenters. The third-order valence-corrected chi connectivity index (χ3v) is 3.28. The molecule has 2 aromatic carbocycles. The Morgan fingerprint density at radius 2 is 1.50 bits per heavy atom. The molecule has 24 heavy (non-hydrogen) atoms. The molecule has 0 aromatic heterocycles. The van der Waals surface area contributed by atoms with Crippen molar-refractivity contribution in [3.8, 4) is 11.5 Å². The molecule has 3 amide bonds. The van der Waals surface area contributed by atoms with Crippen LogP contribution in [0.4, 0.5) is 16.2 Å². The molecule has 0 bridgehead atoms. The van der Waals surface area contributed by atoms with Crippen molar-refractivity contribution in [2.24, 2.45) is 0 Å². The Kier molecular flexibility index (Phi) is 5.62. The van der Waals surface area contributed by atoms with Gasteiger partial charge in [-0.15, -0.1) is 0 Å². The highest BCUT2D eigenvalue weighted by molar-refractivity contribution is 6.06. The molecule has 0 aliphatic rings. The van der Waals surface area contributed by atoms with Crippen LogP contribution in [-0.2, 0) is 0 Å². The van der Waals surface area contributed by atoms with Crippen LogP contribution in [0.25, 0.3) is 0 Å². The summed E-state index contributed by atoms with van der Waals surface area (Å²) in [4.78, 5) is 23.7. The molecule has 0 fully saturated rings. The van der Waals surface area contributed by atoms with E-state index in [0.29, 0.717) is 28.4 Å². The second kappa shape index (κ2) is 7.87. The Labute approximate surface area is 140 Å². The maximum atomic E-state index is 12.4. The number of anilines is 2. The number of methoxy groups -OCH3 is 2. The van der Waals surface area contributed by atoms with Crippen molar-refractivity contribution in [3.05, 3.63) is 48.0 Å². The molecule has 2 rings (SSSR count). The van der Waals surface area contributed by atoms with Gasteiger partial charge in [-0.25, -0.2) is 4.79 Å². The summed E-state index contributed by atoms with van der Waals surface area (Å²) in [6, 6.07) is 11.4. The number of amides is 3. The fraction of sp³-hybridized carbons (Fsp3) is 0.176. The van der Waals surface area contributed by atoms with Crippen molar-refractivity contribution in [3.63, 3.8) is 0 Å². The van der Waals surface area contributed by atoms with Crippen LogP contribution in [0.2, 0.25) is 0 Å². The van der Waals surface area contributed by atoms with Crippen molar-refractivity contribution in [1.82, 2.24) is 5.32 Å². The summed E-state index contributed by atoms with van der Waals surface area (Å²) in [6.45, 7) is 0. The predicted molar refractivity (Wildman–Crippen MR) is 92.0 cm³/mol. The van der Waals surface area contributed by atoms with Crippen LogP contribution < -0.4 is 25.4 Å². The third-order valence-electron chi connectivity index (χ3n) is 3.28. The number of benzene rings is 2. The average molecular weight is 329 g/mol. The number of rotatable bonds is 5. The van der Waals surface area contributed by atoms with Crippen LogP contribution in [0.5, 0.6) is 11.5 Å². The Balaban J connectivity index is 2.13. The topological polar surface area (TPSA) is 88.7 Å². The number of ether oxygens (including phenoxy) is 2. The number of carbonyl (C=O) groups is 2. The summed E-state index contributed by atoms with van der Waals surface area (Å²) in [5.41, 5.74) is 1.57. The number of urea groups is 1. The quantitative estimate of drug-likeness (QED) is 0.787. The molecule has 0 saturated carbocycles. The van der Waals surface area contributed by atoms with Gasteiger partial charge in [-0.05, 0) is 42.5 Å². The van der Waals surface area contributed by atoms with Crippen molar-refractivity contribution < 1.29 is 19.1 Å². The molecule has 7 heteroatoms. The van der Waals surface area contributed by atoms with Crippen LogP contribution in [0.1, 0.15) is 10.4 Å². The van der Waals surface area contributed by atoms with Crippen LogP contribution >= 0.6 is 0 Å². The highest BCUT2D eigenvalue weighted by Crippen LogP contribution is 2.25. The van der Waals surface area contributed by atoms with E-state index in [9.17, 15) is 9.59 Å². The minimum atomic E-state index is -0.322. The van der Waals surface area contributed by atoms with Gasteiger partial charge in [-0.1, -0.05) is 0 Å². The maximum absolute atomic E-state index is 12.4. The molecule has 0 aliphatic heterocycles. The van der Waals surface area contributed by atoms with Gasteiger partial charge in [0.05, 0.1) is 19.8 Å². The van der Waals surface area contributed by atoms with Gasteiger partial charge in [0.2, 0.25) is 0 Å². The molecule has 2 aromatic rings. The lowest BCUT2D eigenvalue weighted by atomic mass is 10.1. The first-order chi connectivity index (χ1) is 11.6. The number of hydrogen-bond donors (Lipinski definition) is 3. The summed E-state index contributed by atoms with van der Waals surface area (Å²) in [5, 5.41) is 7.87. The van der Waals surface area contributed by atoms with Gasteiger partial charge >= 0.3 is 6.03 Å². The van der Waals surface area contributed by atoms with Gasteiger partial charge in [0.25, 0.3) is 5.91 Å². The molecular formula is C17H19N3O4. The van der Waals surface area contributed by atoms with E-state index >= 15 is 0 Å². The molecule has 0 radical (unpaired) electrons. The molecule has 0 saturated heterocycles. The smallest absolute Gasteiger partial charge is 0.318 e. The molecule has 0 spiro atoms. The first kappa shape index (κ1) is 17.1. The van der Waals surface area contributed by atoms with E-state index in [0.717, 1.165) is 0 Å². The van der Waals surface area contributed by atoms with E-state index in [1.807, 2.05) is 0 Å². The largest absolute Gasteiger partial charge is 0.497 e. The summed E-state index contributed by atoms with van der Waals surface area (Å²) < 4.78 is 10.3. The normalized spacial score (nSPS) is 9.79. The highest BCUT2D eigenvalue weighted by Gasteiger charge is 2.14. The minimum absolute atomic E-state index is 0.312. The van der Waals surface area contributed by atoms with E-state index in [-0.39, 0.29) is 11.9 Å². The van der Waals surface area contributed by atoms with Gasteiger partial charge in [-0.2, -0.15) is 0 Å². The fourth-order valence-corrected chi connectivity index (χ4v) is 2.02. The van der Waals surface area contributed by atoms with E-state index in [2.05, 4.69) is 16.0 Å². The monoisotopic (exact) mass is 329 g/mol. The Morgan fingerprint density at radius 1 is 0.875 bits per heavy atom. The molecule has 0 aliphatic carbocycles. The Hall–Kier alpha value is -3.22. The van der Waals surface area contributed by atoms with Gasteiger partial charge in [-0.3, -0.25) is 4.79 Å². The standard InChI is InChI=1S/C17H19N3O4/c1-18-17(22)20-12-6-4-11(5-7-12)19-16(21)14-10-13(23-2)8-9-15(14)24-3/h4-10H,1-3H3,(H,19,21)(H2,18,20,22). The van der Waals surface area contributed by atoms with Gasteiger partial charge < -0.3 is 25.4 Å². The fourth-order valence-electron chi connectivity index (χ4n) is 2.02. The molecular weight excluding hydrogens is 310 g/mol. The zero-order valence-electron chi connectivity index (χ0n) is 13.7. The second-order valence-corrected chi connectivity index (χ2v) is 4.80. The van der Waals surface area contributed by atoms with E-state index in [1.165, 1.54) is 21.3 Å². The molecule has 3 N–H and O–H groups in total. The van der Waals surface area contributed by atoms with Crippen LogP contribution in [0.3, 0.4) is 0 Å². The number of nitrogens with one attached hydrogen (secondary N) is 3. The summed E-state index contributed by atoms with van der Waals surface area (Å²) in [7, 11) is 4.56. The molecule has 7 nitrogen and oxygen atoms in total. The van der Waals surface area contributed by atoms with Crippen LogP contribution in [0.15, 0.2) is 42.5 Å². The van der Waals surface area contributed by atoms with Gasteiger partial charge in [0.1, 0.15) is 11.5 Å². The first-order valence-electron chi connectivity index (χ1n) is 7.19. The lowest BCUT2D eigenvalue weighted by Gasteiger charge is -2.11. The maximum Gasteiger partial charge on any atom is 0.318 e. The van der Waals surface area contributed by atoms with Gasteiger partial charge in [0.15, 0.2) is 0 Å². The van der Waals surface area contributed by atoms with Crippen LogP contribution in [-0.4, -0.2) is 33.2 Å². The van der Waals surface area contributed by atoms with E-state index in [1.54, 1.807) is 42.5 Å². The van der Waals surface area contributed by atoms with E-state index in [4.69, 9.17) is 9.47 Å². The van der Waals surface area contributed by atoms with E-state index < -0.39 is 0 Å². The molecule has 0 heterocycles. The van der Waals surface area contributed by atoms with Crippen molar-refractivity contribution >= 4 is 23.3 Å². The van der Waals surface area contributed by atoms with Crippen LogP contribution in [0, 0.1) is 0 Å². The average Bonchev–Trinajstić information content (AvgIpc) is 2.62. The van der Waals surface area contributed by atoms with Crippen molar-refractivity contribution in [2.75, 3.05) is 31.9 Å².